The maximum absolute atomic E-state index is 13.4. The molecular weight excluding hydrogens is 296 g/mol. The number of ether oxygens (including phenoxy) is 1. The molecule has 0 heterocycles. The molecule has 0 aliphatic carbocycles. The van der Waals surface area contributed by atoms with E-state index in [0.29, 0.717) is 6.07 Å². The summed E-state index contributed by atoms with van der Waals surface area (Å²) in [6, 6.07) is 2.74. The Kier molecular flexibility index (Phi) is 5.84. The number of hydrogen-bond acceptors (Lipinski definition) is 3. The highest BCUT2D eigenvalue weighted by Gasteiger charge is 2.32. The Morgan fingerprint density at radius 2 is 2.00 bits per heavy atom. The lowest BCUT2D eigenvalue weighted by molar-refractivity contribution is -0.139. The lowest BCUT2D eigenvalue weighted by Crippen LogP contribution is -2.52. The minimum absolute atomic E-state index is 0.130. The molecule has 5 nitrogen and oxygen atoms in total. The van der Waals surface area contributed by atoms with Crippen LogP contribution in [0.1, 0.15) is 27.2 Å². The van der Waals surface area contributed by atoms with Crippen molar-refractivity contribution in [1.82, 2.24) is 5.32 Å². The predicted octanol–water partition coefficient (Wildman–Crippen LogP) is 2.35. The first-order valence-corrected chi connectivity index (χ1v) is 6.74. The summed E-state index contributed by atoms with van der Waals surface area (Å²) in [4.78, 5) is 22.8. The fraction of sp³-hybridized carbons (Fsp3) is 0.467. The molecule has 1 rings (SSSR count). The van der Waals surface area contributed by atoms with Gasteiger partial charge >= 0.3 is 5.97 Å². The zero-order valence-corrected chi connectivity index (χ0v) is 12.7. The van der Waals surface area contributed by atoms with Crippen LogP contribution in [0.25, 0.3) is 0 Å². The van der Waals surface area contributed by atoms with Gasteiger partial charge in [0.05, 0.1) is 12.0 Å². The molecule has 0 fully saturated rings. The summed E-state index contributed by atoms with van der Waals surface area (Å²) in [7, 11) is 0. The van der Waals surface area contributed by atoms with Crippen LogP contribution >= 0.6 is 0 Å². The summed E-state index contributed by atoms with van der Waals surface area (Å²) in [5, 5.41) is 11.5. The van der Waals surface area contributed by atoms with Gasteiger partial charge in [-0.1, -0.05) is 13.8 Å². The van der Waals surface area contributed by atoms with E-state index in [1.54, 1.807) is 20.8 Å². The molecule has 2 N–H and O–H groups in total. The molecule has 0 aliphatic heterocycles. The highest BCUT2D eigenvalue weighted by molar-refractivity contribution is 5.79. The van der Waals surface area contributed by atoms with Crippen LogP contribution in [0.3, 0.4) is 0 Å². The monoisotopic (exact) mass is 315 g/mol. The van der Waals surface area contributed by atoms with E-state index in [1.165, 1.54) is 0 Å². The molecule has 0 bridgehead atoms. The second kappa shape index (κ2) is 7.20. The molecular formula is C15H19F2NO4. The number of rotatable bonds is 7. The Labute approximate surface area is 127 Å². The van der Waals surface area contributed by atoms with Crippen molar-refractivity contribution in [1.29, 1.82) is 0 Å². The molecule has 0 saturated heterocycles. The van der Waals surface area contributed by atoms with Crippen LogP contribution in [0.2, 0.25) is 0 Å². The SMILES string of the molecule is CC(C)C(C)(CC(=O)O)NC(=O)COc1ccc(F)cc1F. The van der Waals surface area contributed by atoms with Crippen molar-refractivity contribution in [2.75, 3.05) is 6.61 Å². The van der Waals surface area contributed by atoms with E-state index in [2.05, 4.69) is 5.32 Å². The summed E-state index contributed by atoms with van der Waals surface area (Å²) in [6.07, 6.45) is -0.249. The molecule has 1 amide bonds. The van der Waals surface area contributed by atoms with Gasteiger partial charge in [-0.3, -0.25) is 9.59 Å². The van der Waals surface area contributed by atoms with Gasteiger partial charge in [-0.15, -0.1) is 0 Å². The third-order valence-electron chi connectivity index (χ3n) is 3.47. The number of aliphatic carboxylic acids is 1. The first-order valence-electron chi connectivity index (χ1n) is 6.74. The first-order chi connectivity index (χ1) is 10.1. The molecule has 0 saturated carbocycles. The Morgan fingerprint density at radius 1 is 1.36 bits per heavy atom. The van der Waals surface area contributed by atoms with E-state index >= 15 is 0 Å². The summed E-state index contributed by atoms with van der Waals surface area (Å²) in [6.45, 7) is 4.68. The van der Waals surface area contributed by atoms with Gasteiger partial charge in [-0.2, -0.15) is 0 Å². The predicted molar refractivity (Wildman–Crippen MR) is 75.5 cm³/mol. The van der Waals surface area contributed by atoms with Crippen LogP contribution < -0.4 is 10.1 Å². The van der Waals surface area contributed by atoms with Crippen LogP contribution in [0.15, 0.2) is 18.2 Å². The van der Waals surface area contributed by atoms with Crippen molar-refractivity contribution < 1.29 is 28.2 Å². The smallest absolute Gasteiger partial charge is 0.305 e. The van der Waals surface area contributed by atoms with Crippen molar-refractivity contribution >= 4 is 11.9 Å². The molecule has 0 spiro atoms. The van der Waals surface area contributed by atoms with Gasteiger partial charge < -0.3 is 15.2 Å². The normalized spacial score (nSPS) is 13.5. The van der Waals surface area contributed by atoms with Gasteiger partial charge in [0.25, 0.3) is 5.91 Å². The van der Waals surface area contributed by atoms with Crippen molar-refractivity contribution in [3.8, 4) is 5.75 Å². The highest BCUT2D eigenvalue weighted by Crippen LogP contribution is 2.21. The van der Waals surface area contributed by atoms with E-state index in [4.69, 9.17) is 9.84 Å². The zero-order valence-electron chi connectivity index (χ0n) is 12.7. The Hall–Kier alpha value is -2.18. The van der Waals surface area contributed by atoms with E-state index in [0.717, 1.165) is 12.1 Å². The van der Waals surface area contributed by atoms with Crippen LogP contribution in [0, 0.1) is 17.6 Å². The number of carboxylic acid groups (broad SMARTS) is 1. The van der Waals surface area contributed by atoms with Gasteiger partial charge in [0.2, 0.25) is 0 Å². The van der Waals surface area contributed by atoms with E-state index < -0.39 is 35.7 Å². The summed E-state index contributed by atoms with van der Waals surface area (Å²) in [5.41, 5.74) is -0.951. The molecule has 0 aromatic heterocycles. The molecule has 22 heavy (non-hydrogen) atoms. The molecule has 0 radical (unpaired) electrons. The second-order valence-corrected chi connectivity index (χ2v) is 5.55. The zero-order chi connectivity index (χ0) is 16.9. The van der Waals surface area contributed by atoms with Crippen molar-refractivity contribution in [3.63, 3.8) is 0 Å². The van der Waals surface area contributed by atoms with E-state index in [9.17, 15) is 18.4 Å². The van der Waals surface area contributed by atoms with Crippen molar-refractivity contribution in [2.24, 2.45) is 5.92 Å². The first kappa shape index (κ1) is 17.9. The molecule has 1 aromatic carbocycles. The second-order valence-electron chi connectivity index (χ2n) is 5.55. The number of halogens is 2. The largest absolute Gasteiger partial charge is 0.481 e. The van der Waals surface area contributed by atoms with Gasteiger partial charge in [0.15, 0.2) is 18.2 Å². The van der Waals surface area contributed by atoms with Crippen molar-refractivity contribution in [2.45, 2.75) is 32.7 Å². The fourth-order valence-electron chi connectivity index (χ4n) is 1.80. The van der Waals surface area contributed by atoms with Crippen LogP contribution in [-0.2, 0) is 9.59 Å². The molecule has 0 aliphatic rings. The summed E-state index contributed by atoms with van der Waals surface area (Å²) in [5.74, 6) is -3.66. The molecule has 122 valence electrons. The minimum Gasteiger partial charge on any atom is -0.481 e. The average molecular weight is 315 g/mol. The van der Waals surface area contributed by atoms with Crippen molar-refractivity contribution in [3.05, 3.63) is 29.8 Å². The number of amides is 1. The highest BCUT2D eigenvalue weighted by atomic mass is 19.1. The lowest BCUT2D eigenvalue weighted by atomic mass is 9.85. The maximum Gasteiger partial charge on any atom is 0.305 e. The number of carbonyl (C=O) groups is 2. The Balaban J connectivity index is 2.66. The Bertz CT molecular complexity index is 562. The van der Waals surface area contributed by atoms with E-state index in [1.807, 2.05) is 0 Å². The topological polar surface area (TPSA) is 75.6 Å². The van der Waals surface area contributed by atoms with Gasteiger partial charge in [0.1, 0.15) is 5.82 Å². The number of benzene rings is 1. The lowest BCUT2D eigenvalue weighted by Gasteiger charge is -2.33. The van der Waals surface area contributed by atoms with Crippen LogP contribution in [0.5, 0.6) is 5.75 Å². The van der Waals surface area contributed by atoms with Gasteiger partial charge in [-0.25, -0.2) is 8.78 Å². The Morgan fingerprint density at radius 3 is 2.50 bits per heavy atom. The molecule has 1 aromatic rings. The van der Waals surface area contributed by atoms with Crippen LogP contribution in [-0.4, -0.2) is 29.1 Å². The van der Waals surface area contributed by atoms with Crippen LogP contribution in [0.4, 0.5) is 8.78 Å². The van der Waals surface area contributed by atoms with Gasteiger partial charge in [-0.05, 0) is 25.0 Å². The molecule has 7 heteroatoms. The van der Waals surface area contributed by atoms with E-state index in [-0.39, 0.29) is 18.1 Å². The standard InChI is InChI=1S/C15H19F2NO4/c1-9(2)15(3,7-14(20)21)18-13(19)8-22-12-5-4-10(16)6-11(12)17/h4-6,9H,7-8H2,1-3H3,(H,18,19)(H,20,21). The molecule has 1 atom stereocenters. The quantitative estimate of drug-likeness (QED) is 0.810. The summed E-state index contributed by atoms with van der Waals surface area (Å²) >= 11 is 0. The third-order valence-corrected chi connectivity index (χ3v) is 3.47. The minimum atomic E-state index is -1.04. The molecule has 1 unspecified atom stereocenters. The van der Waals surface area contributed by atoms with Gasteiger partial charge in [0, 0.05) is 6.07 Å². The maximum atomic E-state index is 13.4. The summed E-state index contributed by atoms with van der Waals surface area (Å²) < 4.78 is 31.1. The number of carbonyl (C=O) groups excluding carboxylic acids is 1. The third kappa shape index (κ3) is 4.98. The average Bonchev–Trinajstić information content (AvgIpc) is 2.36. The number of nitrogens with one attached hydrogen (secondary N) is 1. The number of carboxylic acids is 1. The fourth-order valence-corrected chi connectivity index (χ4v) is 1.80. The number of hydrogen-bond donors (Lipinski definition) is 2.